The van der Waals surface area contributed by atoms with Crippen LogP contribution in [0.2, 0.25) is 0 Å². The van der Waals surface area contributed by atoms with Crippen LogP contribution >= 0.6 is 0 Å². The summed E-state index contributed by atoms with van der Waals surface area (Å²) >= 11 is 0. The van der Waals surface area contributed by atoms with Crippen molar-refractivity contribution in [3.63, 3.8) is 0 Å². The van der Waals surface area contributed by atoms with Crippen LogP contribution in [0.15, 0.2) is 24.3 Å². The van der Waals surface area contributed by atoms with E-state index in [0.29, 0.717) is 13.1 Å². The van der Waals surface area contributed by atoms with E-state index in [1.54, 1.807) is 4.31 Å². The summed E-state index contributed by atoms with van der Waals surface area (Å²) in [5.74, 6) is 0. The first-order valence-corrected chi connectivity index (χ1v) is 10.5. The van der Waals surface area contributed by atoms with Crippen LogP contribution < -0.4 is 4.72 Å². The fraction of sp³-hybridized carbons (Fsp3) is 0.667. The SMILES string of the molecule is Cc1ccccc1CN1CCC(NS(=O)(=O)N2CCCCC2)CC1. The Kier molecular flexibility index (Phi) is 5.92. The molecule has 0 unspecified atom stereocenters. The number of hydrogen-bond acceptors (Lipinski definition) is 3. The summed E-state index contributed by atoms with van der Waals surface area (Å²) in [6, 6.07) is 8.56. The molecule has 0 spiro atoms. The van der Waals surface area contributed by atoms with Crippen LogP contribution in [-0.2, 0) is 16.8 Å². The first kappa shape index (κ1) is 17.9. The summed E-state index contributed by atoms with van der Waals surface area (Å²) in [7, 11) is -3.30. The van der Waals surface area contributed by atoms with Crippen molar-refractivity contribution in [1.82, 2.24) is 13.9 Å². The molecule has 6 heteroatoms. The van der Waals surface area contributed by atoms with Gasteiger partial charge in [-0.05, 0) is 43.7 Å². The molecule has 134 valence electrons. The molecule has 0 saturated carbocycles. The highest BCUT2D eigenvalue weighted by atomic mass is 32.2. The summed E-state index contributed by atoms with van der Waals surface area (Å²) in [4.78, 5) is 2.42. The zero-order valence-electron chi connectivity index (χ0n) is 14.6. The molecule has 1 aromatic rings. The minimum Gasteiger partial charge on any atom is -0.299 e. The van der Waals surface area contributed by atoms with Gasteiger partial charge in [0, 0.05) is 38.8 Å². The molecule has 3 rings (SSSR count). The quantitative estimate of drug-likeness (QED) is 0.885. The molecule has 0 atom stereocenters. The highest BCUT2D eigenvalue weighted by Crippen LogP contribution is 2.18. The van der Waals surface area contributed by atoms with Crippen LogP contribution in [0.3, 0.4) is 0 Å². The van der Waals surface area contributed by atoms with Gasteiger partial charge in [0.05, 0.1) is 0 Å². The van der Waals surface area contributed by atoms with Crippen LogP contribution in [0.4, 0.5) is 0 Å². The van der Waals surface area contributed by atoms with E-state index in [4.69, 9.17) is 0 Å². The highest BCUT2D eigenvalue weighted by molar-refractivity contribution is 7.87. The van der Waals surface area contributed by atoms with Crippen molar-refractivity contribution < 1.29 is 8.42 Å². The van der Waals surface area contributed by atoms with Crippen LogP contribution in [0.5, 0.6) is 0 Å². The zero-order chi connectivity index (χ0) is 17.0. The van der Waals surface area contributed by atoms with Gasteiger partial charge in [0.25, 0.3) is 10.2 Å². The predicted octanol–water partition coefficient (Wildman–Crippen LogP) is 2.28. The van der Waals surface area contributed by atoms with Gasteiger partial charge in [-0.3, -0.25) is 4.90 Å². The number of aryl methyl sites for hydroxylation is 1. The number of piperidine rings is 2. The lowest BCUT2D eigenvalue weighted by Crippen LogP contribution is -2.50. The highest BCUT2D eigenvalue weighted by Gasteiger charge is 2.28. The second kappa shape index (κ2) is 7.95. The Morgan fingerprint density at radius 3 is 2.38 bits per heavy atom. The average molecular weight is 352 g/mol. The molecular formula is C18H29N3O2S. The van der Waals surface area contributed by atoms with Gasteiger partial charge in [-0.2, -0.15) is 17.4 Å². The number of benzene rings is 1. The molecule has 2 aliphatic heterocycles. The van der Waals surface area contributed by atoms with Crippen molar-refractivity contribution in [3.05, 3.63) is 35.4 Å². The summed E-state index contributed by atoms with van der Waals surface area (Å²) in [6.45, 7) is 6.33. The lowest BCUT2D eigenvalue weighted by molar-refractivity contribution is 0.198. The Bertz CT molecular complexity index is 633. The Morgan fingerprint density at radius 1 is 1.04 bits per heavy atom. The molecule has 5 nitrogen and oxygen atoms in total. The lowest BCUT2D eigenvalue weighted by atomic mass is 10.0. The molecule has 2 heterocycles. The van der Waals surface area contributed by atoms with Gasteiger partial charge in [0.1, 0.15) is 0 Å². The molecule has 2 aliphatic rings. The van der Waals surface area contributed by atoms with Crippen LogP contribution in [0, 0.1) is 6.92 Å². The first-order valence-electron chi connectivity index (χ1n) is 9.09. The maximum absolute atomic E-state index is 12.5. The topological polar surface area (TPSA) is 52.7 Å². The second-order valence-corrected chi connectivity index (χ2v) is 8.76. The smallest absolute Gasteiger partial charge is 0.279 e. The predicted molar refractivity (Wildman–Crippen MR) is 97.0 cm³/mol. The van der Waals surface area contributed by atoms with Crippen molar-refractivity contribution in [3.8, 4) is 0 Å². The normalized spacial score (nSPS) is 21.9. The molecule has 1 aromatic carbocycles. The zero-order valence-corrected chi connectivity index (χ0v) is 15.4. The summed E-state index contributed by atoms with van der Waals surface area (Å²) in [5, 5.41) is 0. The number of nitrogens with zero attached hydrogens (tertiary/aromatic N) is 2. The van der Waals surface area contributed by atoms with E-state index in [0.717, 1.165) is 51.7 Å². The molecule has 1 N–H and O–H groups in total. The molecule has 2 fully saturated rings. The lowest BCUT2D eigenvalue weighted by Gasteiger charge is -2.34. The molecule has 0 bridgehead atoms. The number of nitrogens with one attached hydrogen (secondary N) is 1. The molecule has 0 aliphatic carbocycles. The van der Waals surface area contributed by atoms with Crippen molar-refractivity contribution in [2.75, 3.05) is 26.2 Å². The second-order valence-electron chi connectivity index (χ2n) is 7.06. The van der Waals surface area contributed by atoms with Gasteiger partial charge in [-0.1, -0.05) is 30.7 Å². The molecule has 0 amide bonds. The van der Waals surface area contributed by atoms with Crippen LogP contribution in [0.1, 0.15) is 43.2 Å². The molecular weight excluding hydrogens is 322 g/mol. The van der Waals surface area contributed by atoms with Crippen LogP contribution in [0.25, 0.3) is 0 Å². The summed E-state index contributed by atoms with van der Waals surface area (Å²) < 4.78 is 29.5. The maximum Gasteiger partial charge on any atom is 0.279 e. The molecule has 0 radical (unpaired) electrons. The Labute approximate surface area is 146 Å². The van der Waals surface area contributed by atoms with E-state index in [1.165, 1.54) is 11.1 Å². The van der Waals surface area contributed by atoms with E-state index in [-0.39, 0.29) is 6.04 Å². The Balaban J connectivity index is 1.49. The Morgan fingerprint density at radius 2 is 1.71 bits per heavy atom. The number of rotatable bonds is 5. The van der Waals surface area contributed by atoms with Crippen molar-refractivity contribution in [2.45, 2.75) is 51.6 Å². The third-order valence-electron chi connectivity index (χ3n) is 5.21. The third-order valence-corrected chi connectivity index (χ3v) is 6.89. The minimum absolute atomic E-state index is 0.0741. The van der Waals surface area contributed by atoms with Gasteiger partial charge < -0.3 is 0 Å². The Hall–Kier alpha value is -0.950. The monoisotopic (exact) mass is 351 g/mol. The third kappa shape index (κ3) is 4.57. The van der Waals surface area contributed by atoms with Gasteiger partial charge >= 0.3 is 0 Å². The van der Waals surface area contributed by atoms with Gasteiger partial charge in [0.2, 0.25) is 0 Å². The average Bonchev–Trinajstić information content (AvgIpc) is 2.59. The fourth-order valence-electron chi connectivity index (χ4n) is 3.63. The minimum atomic E-state index is -3.30. The fourth-order valence-corrected chi connectivity index (χ4v) is 5.17. The first-order chi connectivity index (χ1) is 11.5. The van der Waals surface area contributed by atoms with E-state index < -0.39 is 10.2 Å². The van der Waals surface area contributed by atoms with Gasteiger partial charge in [-0.15, -0.1) is 0 Å². The summed E-state index contributed by atoms with van der Waals surface area (Å²) in [6.07, 6.45) is 4.88. The van der Waals surface area contributed by atoms with E-state index in [1.807, 2.05) is 0 Å². The number of hydrogen-bond donors (Lipinski definition) is 1. The van der Waals surface area contributed by atoms with Crippen LogP contribution in [-0.4, -0.2) is 49.8 Å². The summed E-state index contributed by atoms with van der Waals surface area (Å²) in [5.41, 5.74) is 2.69. The van der Waals surface area contributed by atoms with Crippen molar-refractivity contribution in [2.24, 2.45) is 0 Å². The molecule has 0 aromatic heterocycles. The van der Waals surface area contributed by atoms with E-state index in [2.05, 4.69) is 40.8 Å². The van der Waals surface area contributed by atoms with E-state index >= 15 is 0 Å². The van der Waals surface area contributed by atoms with Gasteiger partial charge in [0.15, 0.2) is 0 Å². The van der Waals surface area contributed by atoms with Crippen molar-refractivity contribution >= 4 is 10.2 Å². The van der Waals surface area contributed by atoms with Crippen molar-refractivity contribution in [1.29, 1.82) is 0 Å². The van der Waals surface area contributed by atoms with E-state index in [9.17, 15) is 8.42 Å². The number of likely N-dealkylation sites (tertiary alicyclic amines) is 1. The largest absolute Gasteiger partial charge is 0.299 e. The maximum atomic E-state index is 12.5. The standard InChI is InChI=1S/C18H29N3O2S/c1-16-7-3-4-8-17(16)15-20-13-9-18(10-14-20)19-24(22,23)21-11-5-2-6-12-21/h3-4,7-8,18-19H,2,5-6,9-15H2,1H3. The molecule has 24 heavy (non-hydrogen) atoms. The van der Waals surface area contributed by atoms with Gasteiger partial charge in [-0.25, -0.2) is 0 Å². The molecule has 2 saturated heterocycles.